The van der Waals surface area contributed by atoms with Crippen LogP contribution in [0.1, 0.15) is 20.3 Å². The first-order valence-corrected chi connectivity index (χ1v) is 6.12. The van der Waals surface area contributed by atoms with Gasteiger partial charge in [0.05, 0.1) is 0 Å². The van der Waals surface area contributed by atoms with E-state index in [1.807, 2.05) is 6.92 Å². The summed E-state index contributed by atoms with van der Waals surface area (Å²) in [5.41, 5.74) is 0.667. The summed E-state index contributed by atoms with van der Waals surface area (Å²) in [6, 6.07) is 5.62. The minimum Gasteiger partial charge on any atom is -0.435 e. The lowest BCUT2D eigenvalue weighted by Crippen LogP contribution is -2.37. The van der Waals surface area contributed by atoms with Crippen LogP contribution in [0, 0.1) is 0 Å². The number of rotatable bonds is 7. The van der Waals surface area contributed by atoms with Gasteiger partial charge in [0.25, 0.3) is 0 Å². The zero-order valence-electron chi connectivity index (χ0n) is 11.0. The minimum atomic E-state index is -2.84. The number of anilines is 1. The predicted molar refractivity (Wildman–Crippen MR) is 69.5 cm³/mol. The van der Waals surface area contributed by atoms with E-state index in [1.165, 1.54) is 12.1 Å². The summed E-state index contributed by atoms with van der Waals surface area (Å²) in [7, 11) is 0. The van der Waals surface area contributed by atoms with Crippen LogP contribution in [-0.4, -0.2) is 25.1 Å². The van der Waals surface area contributed by atoms with Crippen molar-refractivity contribution in [3.05, 3.63) is 24.3 Å². The number of carbonyl (C=O) groups is 1. The fourth-order valence-corrected chi connectivity index (χ4v) is 1.45. The van der Waals surface area contributed by atoms with E-state index in [2.05, 4.69) is 15.4 Å². The van der Waals surface area contributed by atoms with E-state index >= 15 is 0 Å². The number of halogens is 2. The van der Waals surface area contributed by atoms with Gasteiger partial charge in [0.1, 0.15) is 11.8 Å². The van der Waals surface area contributed by atoms with Crippen LogP contribution >= 0.6 is 0 Å². The van der Waals surface area contributed by atoms with Crippen molar-refractivity contribution >= 4 is 11.6 Å². The molecule has 4 nitrogen and oxygen atoms in total. The first-order valence-electron chi connectivity index (χ1n) is 6.12. The maximum atomic E-state index is 12.0. The van der Waals surface area contributed by atoms with E-state index in [4.69, 9.17) is 0 Å². The second-order valence-electron chi connectivity index (χ2n) is 4.06. The maximum absolute atomic E-state index is 12.0. The van der Waals surface area contributed by atoms with Gasteiger partial charge in [-0.2, -0.15) is 8.78 Å². The van der Waals surface area contributed by atoms with E-state index in [1.54, 1.807) is 19.1 Å². The summed E-state index contributed by atoms with van der Waals surface area (Å²) < 4.78 is 28.2. The number of alkyl halides is 2. The number of hydrogen-bond donors (Lipinski definition) is 2. The van der Waals surface area contributed by atoms with Crippen molar-refractivity contribution in [3.8, 4) is 5.75 Å². The van der Waals surface area contributed by atoms with Crippen molar-refractivity contribution in [3.63, 3.8) is 0 Å². The Kier molecular flexibility index (Phi) is 6.05. The van der Waals surface area contributed by atoms with Crippen molar-refractivity contribution in [1.82, 2.24) is 5.32 Å². The Labute approximate surface area is 111 Å². The van der Waals surface area contributed by atoms with Gasteiger partial charge in [0, 0.05) is 12.2 Å². The van der Waals surface area contributed by atoms with Gasteiger partial charge in [0.15, 0.2) is 0 Å². The normalized spacial score (nSPS) is 12.1. The monoisotopic (exact) mass is 272 g/mol. The number of benzene rings is 1. The third-order valence-corrected chi connectivity index (χ3v) is 2.41. The van der Waals surface area contributed by atoms with E-state index in [9.17, 15) is 13.6 Å². The molecule has 2 N–H and O–H groups in total. The molecule has 1 amide bonds. The van der Waals surface area contributed by atoms with Crippen LogP contribution in [-0.2, 0) is 4.79 Å². The second-order valence-corrected chi connectivity index (χ2v) is 4.06. The van der Waals surface area contributed by atoms with Gasteiger partial charge in [-0.3, -0.25) is 4.79 Å². The number of amides is 1. The topological polar surface area (TPSA) is 50.4 Å². The molecule has 106 valence electrons. The molecule has 0 fully saturated rings. The van der Waals surface area contributed by atoms with Crippen LogP contribution in [0.2, 0.25) is 0 Å². The predicted octanol–water partition coefficient (Wildman–Crippen LogP) is 2.61. The van der Waals surface area contributed by atoms with E-state index < -0.39 is 12.7 Å². The van der Waals surface area contributed by atoms with Crippen molar-refractivity contribution in [2.45, 2.75) is 32.9 Å². The van der Waals surface area contributed by atoms with Gasteiger partial charge in [0.2, 0.25) is 5.91 Å². The van der Waals surface area contributed by atoms with Crippen molar-refractivity contribution in [1.29, 1.82) is 0 Å². The molecule has 6 heteroatoms. The highest BCUT2D eigenvalue weighted by atomic mass is 19.3. The number of ether oxygens (including phenoxy) is 1. The molecular formula is C13H18F2N2O2. The lowest BCUT2D eigenvalue weighted by Gasteiger charge is -2.15. The molecule has 1 atom stereocenters. The summed E-state index contributed by atoms with van der Waals surface area (Å²) in [5.74, 6) is -0.0154. The highest BCUT2D eigenvalue weighted by Crippen LogP contribution is 2.18. The van der Waals surface area contributed by atoms with Gasteiger partial charge in [-0.25, -0.2) is 0 Å². The fraction of sp³-hybridized carbons (Fsp3) is 0.462. The second kappa shape index (κ2) is 7.56. The number of nitrogens with one attached hydrogen (secondary N) is 2. The third-order valence-electron chi connectivity index (χ3n) is 2.41. The number of hydrogen-bond acceptors (Lipinski definition) is 3. The molecule has 0 aliphatic rings. The Morgan fingerprint density at radius 2 is 1.95 bits per heavy atom. The van der Waals surface area contributed by atoms with E-state index in [-0.39, 0.29) is 11.7 Å². The van der Waals surface area contributed by atoms with E-state index in [0.717, 1.165) is 6.42 Å². The van der Waals surface area contributed by atoms with Gasteiger partial charge in [-0.05, 0) is 37.6 Å². The van der Waals surface area contributed by atoms with Crippen molar-refractivity contribution < 1.29 is 18.3 Å². The first-order chi connectivity index (χ1) is 9.02. The molecule has 0 bridgehead atoms. The van der Waals surface area contributed by atoms with Gasteiger partial charge in [-0.15, -0.1) is 0 Å². The average molecular weight is 272 g/mol. The molecule has 0 aliphatic carbocycles. The molecule has 0 spiro atoms. The van der Waals surface area contributed by atoms with Gasteiger partial charge >= 0.3 is 6.61 Å². The third kappa shape index (κ3) is 5.54. The molecule has 0 heterocycles. The summed E-state index contributed by atoms with van der Waals surface area (Å²) >= 11 is 0. The first kappa shape index (κ1) is 15.2. The molecule has 1 unspecified atom stereocenters. The zero-order valence-corrected chi connectivity index (χ0v) is 11.0. The average Bonchev–Trinajstić information content (AvgIpc) is 2.37. The quantitative estimate of drug-likeness (QED) is 0.802. The lowest BCUT2D eigenvalue weighted by atomic mass is 10.2. The number of carbonyl (C=O) groups excluding carboxylic acids is 1. The Morgan fingerprint density at radius 1 is 1.32 bits per heavy atom. The zero-order chi connectivity index (χ0) is 14.3. The standard InChI is InChI=1S/C13H18F2N2O2/c1-3-8-16-12(18)9(2)17-10-4-6-11(7-5-10)19-13(14)15/h4-7,9,13,17H,3,8H2,1-2H3,(H,16,18). The molecule has 1 aromatic carbocycles. The molecule has 19 heavy (non-hydrogen) atoms. The largest absolute Gasteiger partial charge is 0.435 e. The molecular weight excluding hydrogens is 254 g/mol. The minimum absolute atomic E-state index is 0.0867. The highest BCUT2D eigenvalue weighted by molar-refractivity contribution is 5.84. The maximum Gasteiger partial charge on any atom is 0.387 e. The Bertz CT molecular complexity index is 396. The smallest absolute Gasteiger partial charge is 0.387 e. The summed E-state index contributed by atoms with van der Waals surface area (Å²) in [6.45, 7) is 1.50. The molecule has 0 saturated carbocycles. The van der Waals surface area contributed by atoms with Crippen LogP contribution < -0.4 is 15.4 Å². The Morgan fingerprint density at radius 3 is 2.47 bits per heavy atom. The SMILES string of the molecule is CCCNC(=O)C(C)Nc1ccc(OC(F)F)cc1. The van der Waals surface area contributed by atoms with Gasteiger partial charge < -0.3 is 15.4 Å². The van der Waals surface area contributed by atoms with Crippen molar-refractivity contribution in [2.24, 2.45) is 0 Å². The Balaban J connectivity index is 2.50. The van der Waals surface area contributed by atoms with E-state index in [0.29, 0.717) is 12.2 Å². The fourth-order valence-electron chi connectivity index (χ4n) is 1.45. The molecule has 0 radical (unpaired) electrons. The molecule has 1 aromatic rings. The van der Waals surface area contributed by atoms with Crippen LogP contribution in [0.5, 0.6) is 5.75 Å². The van der Waals surface area contributed by atoms with Crippen LogP contribution in [0.15, 0.2) is 24.3 Å². The molecule has 0 saturated heterocycles. The van der Waals surface area contributed by atoms with Crippen LogP contribution in [0.4, 0.5) is 14.5 Å². The highest BCUT2D eigenvalue weighted by Gasteiger charge is 2.11. The van der Waals surface area contributed by atoms with Crippen molar-refractivity contribution in [2.75, 3.05) is 11.9 Å². The molecule has 1 rings (SSSR count). The summed E-state index contributed by atoms with van der Waals surface area (Å²) in [4.78, 5) is 11.6. The lowest BCUT2D eigenvalue weighted by molar-refractivity contribution is -0.121. The summed E-state index contributed by atoms with van der Waals surface area (Å²) in [6.07, 6.45) is 0.873. The van der Waals surface area contributed by atoms with Crippen LogP contribution in [0.25, 0.3) is 0 Å². The molecule has 0 aromatic heterocycles. The molecule has 0 aliphatic heterocycles. The Hall–Kier alpha value is -1.85. The van der Waals surface area contributed by atoms with Crippen LogP contribution in [0.3, 0.4) is 0 Å². The van der Waals surface area contributed by atoms with Gasteiger partial charge in [-0.1, -0.05) is 6.92 Å². The summed E-state index contributed by atoms with van der Waals surface area (Å²) in [5, 5.41) is 5.74.